The molecule has 3 rings (SSSR count). The second-order valence-corrected chi connectivity index (χ2v) is 6.93. The molecule has 0 N–H and O–H groups in total. The molecule has 3 aromatic heterocycles. The van der Waals surface area contributed by atoms with Crippen molar-refractivity contribution in [1.82, 2.24) is 23.6 Å². The minimum atomic E-state index is -0.422. The van der Waals surface area contributed by atoms with Gasteiger partial charge in [0.15, 0.2) is 11.2 Å². The Labute approximate surface area is 147 Å². The number of rotatable bonds is 5. The lowest BCUT2D eigenvalue weighted by Gasteiger charge is -2.16. The lowest BCUT2D eigenvalue weighted by atomic mass is 10.3. The minimum Gasteiger partial charge on any atom is -0.341 e. The van der Waals surface area contributed by atoms with E-state index in [1.54, 1.807) is 34.9 Å². The van der Waals surface area contributed by atoms with Gasteiger partial charge in [-0.25, -0.2) is 9.78 Å². The molecular formula is C16H19N5O3S. The topological polar surface area (TPSA) is 82.1 Å². The molecule has 0 aromatic carbocycles. The van der Waals surface area contributed by atoms with Crippen molar-refractivity contribution in [2.24, 2.45) is 14.1 Å². The van der Waals surface area contributed by atoms with E-state index in [4.69, 9.17) is 0 Å². The number of carbonyl (C=O) groups is 1. The fourth-order valence-electron chi connectivity index (χ4n) is 2.70. The van der Waals surface area contributed by atoms with E-state index in [-0.39, 0.29) is 12.3 Å². The summed E-state index contributed by atoms with van der Waals surface area (Å²) in [6.07, 6.45) is 1.75. The van der Waals surface area contributed by atoms with Gasteiger partial charge < -0.3 is 9.47 Å². The molecule has 8 nitrogen and oxygen atoms in total. The van der Waals surface area contributed by atoms with Crippen LogP contribution in [0.2, 0.25) is 0 Å². The van der Waals surface area contributed by atoms with Crippen LogP contribution < -0.4 is 11.2 Å². The number of imidazole rings is 1. The summed E-state index contributed by atoms with van der Waals surface area (Å²) in [5.74, 6) is -0.0168. The Morgan fingerprint density at radius 1 is 1.28 bits per heavy atom. The molecule has 0 bridgehead atoms. The third-order valence-electron chi connectivity index (χ3n) is 4.18. The van der Waals surface area contributed by atoms with Crippen LogP contribution in [0.5, 0.6) is 0 Å². The molecule has 0 saturated carbocycles. The lowest BCUT2D eigenvalue weighted by molar-refractivity contribution is -0.130. The number of carbonyl (C=O) groups excluding carboxylic acids is 1. The molecular weight excluding hydrogens is 342 g/mol. The highest BCUT2D eigenvalue weighted by molar-refractivity contribution is 7.09. The number of aromatic nitrogens is 4. The van der Waals surface area contributed by atoms with E-state index in [0.29, 0.717) is 24.3 Å². The van der Waals surface area contributed by atoms with Crippen molar-refractivity contribution in [2.75, 3.05) is 7.05 Å². The SMILES string of the molecule is CN(Cc1cccs1)C(=O)CCn1cnc2c1c(=O)n(C)c(=O)n2C. The second kappa shape index (κ2) is 6.67. The molecule has 0 unspecified atom stereocenters. The summed E-state index contributed by atoms with van der Waals surface area (Å²) in [7, 11) is 4.76. The maximum atomic E-state index is 12.4. The van der Waals surface area contributed by atoms with Crippen molar-refractivity contribution in [2.45, 2.75) is 19.5 Å². The Hall–Kier alpha value is -2.68. The zero-order chi connectivity index (χ0) is 18.1. The maximum absolute atomic E-state index is 12.4. The number of thiophene rings is 1. The van der Waals surface area contributed by atoms with Gasteiger partial charge in [-0.2, -0.15) is 0 Å². The standard InChI is InChI=1S/C16H19N5O3S/c1-18(9-11-5-4-8-25-11)12(22)6-7-21-10-17-14-13(21)15(23)20(3)16(24)19(14)2/h4-5,8,10H,6-7,9H2,1-3H3. The summed E-state index contributed by atoms with van der Waals surface area (Å²) in [5.41, 5.74) is -0.171. The summed E-state index contributed by atoms with van der Waals surface area (Å²) >= 11 is 1.61. The Balaban J connectivity index is 1.79. The summed E-state index contributed by atoms with van der Waals surface area (Å²) in [5, 5.41) is 1.98. The molecule has 25 heavy (non-hydrogen) atoms. The van der Waals surface area contributed by atoms with Gasteiger partial charge in [0.25, 0.3) is 5.56 Å². The molecule has 0 aliphatic rings. The van der Waals surface area contributed by atoms with E-state index in [1.165, 1.54) is 17.9 Å². The lowest BCUT2D eigenvalue weighted by Crippen LogP contribution is -2.37. The monoisotopic (exact) mass is 361 g/mol. The quantitative estimate of drug-likeness (QED) is 0.664. The molecule has 132 valence electrons. The van der Waals surface area contributed by atoms with Crippen LogP contribution >= 0.6 is 11.3 Å². The van der Waals surface area contributed by atoms with Crippen LogP contribution in [0.15, 0.2) is 33.4 Å². The summed E-state index contributed by atoms with van der Waals surface area (Å²) < 4.78 is 4.01. The van der Waals surface area contributed by atoms with Gasteiger partial charge in [-0.15, -0.1) is 11.3 Å². The van der Waals surface area contributed by atoms with Gasteiger partial charge >= 0.3 is 5.69 Å². The van der Waals surface area contributed by atoms with Crippen molar-refractivity contribution in [3.05, 3.63) is 49.6 Å². The first kappa shape index (κ1) is 17.2. The van der Waals surface area contributed by atoms with Gasteiger partial charge in [-0.05, 0) is 11.4 Å². The Kier molecular flexibility index (Phi) is 4.58. The highest BCUT2D eigenvalue weighted by Gasteiger charge is 2.16. The number of fused-ring (bicyclic) bond motifs is 1. The van der Waals surface area contributed by atoms with E-state index in [0.717, 1.165) is 9.44 Å². The largest absolute Gasteiger partial charge is 0.341 e. The van der Waals surface area contributed by atoms with Gasteiger partial charge in [0.1, 0.15) is 0 Å². The molecule has 0 radical (unpaired) electrons. The first-order valence-corrected chi connectivity index (χ1v) is 8.65. The molecule has 0 spiro atoms. The maximum Gasteiger partial charge on any atom is 0.332 e. The van der Waals surface area contributed by atoms with Crippen molar-refractivity contribution < 1.29 is 4.79 Å². The molecule has 0 aliphatic heterocycles. The number of aryl methyl sites for hydroxylation is 2. The third-order valence-corrected chi connectivity index (χ3v) is 5.04. The van der Waals surface area contributed by atoms with E-state index < -0.39 is 11.2 Å². The Bertz CT molecular complexity index is 1030. The number of hydrogen-bond donors (Lipinski definition) is 0. The fourth-order valence-corrected chi connectivity index (χ4v) is 3.46. The summed E-state index contributed by atoms with van der Waals surface area (Å²) in [6, 6.07) is 3.94. The summed E-state index contributed by atoms with van der Waals surface area (Å²) in [4.78, 5) is 43.6. The van der Waals surface area contributed by atoms with Crippen LogP contribution in [-0.4, -0.2) is 36.5 Å². The molecule has 0 fully saturated rings. The van der Waals surface area contributed by atoms with Crippen molar-refractivity contribution in [3.63, 3.8) is 0 Å². The molecule has 1 amide bonds. The van der Waals surface area contributed by atoms with Crippen molar-refractivity contribution >= 4 is 28.4 Å². The van der Waals surface area contributed by atoms with Crippen molar-refractivity contribution in [1.29, 1.82) is 0 Å². The third kappa shape index (κ3) is 3.14. The molecule has 3 aromatic rings. The fraction of sp³-hybridized carbons (Fsp3) is 0.375. The molecule has 0 aliphatic carbocycles. The number of amides is 1. The van der Waals surface area contributed by atoms with Crippen LogP contribution in [0, 0.1) is 0 Å². The van der Waals surface area contributed by atoms with E-state index in [1.807, 2.05) is 17.5 Å². The Morgan fingerprint density at radius 2 is 2.04 bits per heavy atom. The average molecular weight is 361 g/mol. The van der Waals surface area contributed by atoms with Crippen LogP contribution in [0.25, 0.3) is 11.2 Å². The van der Waals surface area contributed by atoms with Crippen LogP contribution in [0.1, 0.15) is 11.3 Å². The van der Waals surface area contributed by atoms with Crippen molar-refractivity contribution in [3.8, 4) is 0 Å². The molecule has 9 heteroatoms. The Morgan fingerprint density at radius 3 is 2.72 bits per heavy atom. The number of hydrogen-bond acceptors (Lipinski definition) is 5. The zero-order valence-corrected chi connectivity index (χ0v) is 15.1. The van der Waals surface area contributed by atoms with Gasteiger partial charge in [-0.3, -0.25) is 18.7 Å². The average Bonchev–Trinajstić information content (AvgIpc) is 3.25. The van der Waals surface area contributed by atoms with Gasteiger partial charge in [-0.1, -0.05) is 6.07 Å². The predicted octanol–water partition coefficient (Wildman–Crippen LogP) is 0.544. The first-order valence-electron chi connectivity index (χ1n) is 7.77. The van der Waals surface area contributed by atoms with Crippen LogP contribution in [-0.2, 0) is 32.0 Å². The highest BCUT2D eigenvalue weighted by atomic mass is 32.1. The van der Waals surface area contributed by atoms with Gasteiger partial charge in [0.2, 0.25) is 5.91 Å². The predicted molar refractivity (Wildman–Crippen MR) is 95.6 cm³/mol. The van der Waals surface area contributed by atoms with E-state index in [2.05, 4.69) is 4.98 Å². The van der Waals surface area contributed by atoms with Crippen LogP contribution in [0.4, 0.5) is 0 Å². The number of nitrogens with zero attached hydrogens (tertiary/aromatic N) is 5. The van der Waals surface area contributed by atoms with E-state index >= 15 is 0 Å². The molecule has 3 heterocycles. The summed E-state index contributed by atoms with van der Waals surface area (Å²) in [6.45, 7) is 0.898. The molecule has 0 atom stereocenters. The second-order valence-electron chi connectivity index (χ2n) is 5.90. The van der Waals surface area contributed by atoms with E-state index in [9.17, 15) is 14.4 Å². The highest BCUT2D eigenvalue weighted by Crippen LogP contribution is 2.12. The van der Waals surface area contributed by atoms with Crippen LogP contribution in [0.3, 0.4) is 0 Å². The first-order chi connectivity index (χ1) is 11.9. The zero-order valence-electron chi connectivity index (χ0n) is 14.3. The van der Waals surface area contributed by atoms with Gasteiger partial charge in [0, 0.05) is 39.0 Å². The molecule has 0 saturated heterocycles. The smallest absolute Gasteiger partial charge is 0.332 e. The normalized spacial score (nSPS) is 11.2. The van der Waals surface area contributed by atoms with Gasteiger partial charge in [0.05, 0.1) is 12.9 Å². The minimum absolute atomic E-state index is 0.0168.